The Morgan fingerprint density at radius 2 is 1.91 bits per heavy atom. The third kappa shape index (κ3) is 3.52. The lowest BCUT2D eigenvalue weighted by Crippen LogP contribution is -2.31. The summed E-state index contributed by atoms with van der Waals surface area (Å²) in [5.41, 5.74) is 2.44. The zero-order valence-corrected chi connectivity index (χ0v) is 13.4. The van der Waals surface area contributed by atoms with Crippen molar-refractivity contribution in [1.82, 2.24) is 14.8 Å². The minimum absolute atomic E-state index is 0.262. The molecular formula is C17H22N4O2. The second-order valence-electron chi connectivity index (χ2n) is 5.75. The fourth-order valence-electron chi connectivity index (χ4n) is 2.87. The number of ether oxygens (including phenoxy) is 1. The number of anilines is 1. The Labute approximate surface area is 136 Å². The number of carbonyl (C=O) groups is 1. The van der Waals surface area contributed by atoms with E-state index in [4.69, 9.17) is 4.74 Å². The van der Waals surface area contributed by atoms with Gasteiger partial charge in [-0.05, 0) is 43.9 Å². The van der Waals surface area contributed by atoms with Gasteiger partial charge in [0.25, 0.3) is 0 Å². The van der Waals surface area contributed by atoms with Crippen LogP contribution >= 0.6 is 0 Å². The minimum atomic E-state index is -0.262. The van der Waals surface area contributed by atoms with Crippen molar-refractivity contribution in [2.75, 3.05) is 24.6 Å². The number of benzene rings is 1. The van der Waals surface area contributed by atoms with Crippen LogP contribution in [0.3, 0.4) is 0 Å². The molecule has 0 aliphatic carbocycles. The minimum Gasteiger partial charge on any atom is -0.462 e. The fourth-order valence-corrected chi connectivity index (χ4v) is 2.87. The number of carbonyl (C=O) groups excluding carboxylic acids is 1. The highest BCUT2D eigenvalue weighted by atomic mass is 16.5. The van der Waals surface area contributed by atoms with Crippen LogP contribution in [-0.4, -0.2) is 40.4 Å². The van der Waals surface area contributed by atoms with Crippen LogP contribution in [0.25, 0.3) is 5.69 Å². The summed E-state index contributed by atoms with van der Waals surface area (Å²) in [7, 11) is 0. The van der Waals surface area contributed by atoms with Gasteiger partial charge >= 0.3 is 5.97 Å². The first-order chi connectivity index (χ1) is 11.3. The summed E-state index contributed by atoms with van der Waals surface area (Å²) in [6, 6.07) is 5.86. The highest BCUT2D eigenvalue weighted by Crippen LogP contribution is 2.27. The molecule has 0 amide bonds. The first kappa shape index (κ1) is 15.5. The predicted octanol–water partition coefficient (Wildman–Crippen LogP) is 2.82. The van der Waals surface area contributed by atoms with Crippen molar-refractivity contribution < 1.29 is 9.53 Å². The lowest BCUT2D eigenvalue weighted by Gasteiger charge is -2.30. The lowest BCUT2D eigenvalue weighted by atomic mass is 10.1. The highest BCUT2D eigenvalue weighted by Gasteiger charge is 2.20. The van der Waals surface area contributed by atoms with Gasteiger partial charge in [0.05, 0.1) is 17.9 Å². The summed E-state index contributed by atoms with van der Waals surface area (Å²) in [6.45, 7) is 4.40. The van der Waals surface area contributed by atoms with Gasteiger partial charge in [-0.15, -0.1) is 10.2 Å². The summed E-state index contributed by atoms with van der Waals surface area (Å²) in [4.78, 5) is 14.8. The molecule has 2 aromatic rings. The third-order valence-electron chi connectivity index (χ3n) is 4.05. The average Bonchev–Trinajstić information content (AvgIpc) is 3.14. The molecule has 1 saturated heterocycles. The van der Waals surface area contributed by atoms with E-state index in [1.165, 1.54) is 6.42 Å². The van der Waals surface area contributed by atoms with Crippen LogP contribution in [0, 0.1) is 0 Å². The van der Waals surface area contributed by atoms with Crippen molar-refractivity contribution in [3.05, 3.63) is 36.4 Å². The van der Waals surface area contributed by atoms with Gasteiger partial charge in [0.1, 0.15) is 12.7 Å². The Bertz CT molecular complexity index is 649. The Morgan fingerprint density at radius 3 is 2.61 bits per heavy atom. The second kappa shape index (κ2) is 7.26. The van der Waals surface area contributed by atoms with Crippen LogP contribution in [0.4, 0.5) is 5.69 Å². The average molecular weight is 314 g/mol. The van der Waals surface area contributed by atoms with Gasteiger partial charge < -0.3 is 9.64 Å². The fraction of sp³-hybridized carbons (Fsp3) is 0.471. The van der Waals surface area contributed by atoms with E-state index in [2.05, 4.69) is 15.1 Å². The predicted molar refractivity (Wildman–Crippen MR) is 88.0 cm³/mol. The van der Waals surface area contributed by atoms with Crippen molar-refractivity contribution in [3.8, 4) is 5.69 Å². The van der Waals surface area contributed by atoms with Crippen LogP contribution in [-0.2, 0) is 4.74 Å². The Balaban J connectivity index is 1.95. The highest BCUT2D eigenvalue weighted by molar-refractivity contribution is 5.96. The Hall–Kier alpha value is -2.37. The normalized spacial score (nSPS) is 14.7. The molecule has 1 aromatic carbocycles. The van der Waals surface area contributed by atoms with Gasteiger partial charge in [0.15, 0.2) is 0 Å². The summed E-state index contributed by atoms with van der Waals surface area (Å²) in [5.74, 6) is -0.262. The van der Waals surface area contributed by atoms with E-state index in [1.807, 2.05) is 25.1 Å². The molecule has 3 rings (SSSR count). The molecule has 2 heterocycles. The van der Waals surface area contributed by atoms with Gasteiger partial charge in [-0.25, -0.2) is 4.79 Å². The van der Waals surface area contributed by atoms with Crippen molar-refractivity contribution in [2.45, 2.75) is 32.6 Å². The Morgan fingerprint density at radius 1 is 1.17 bits per heavy atom. The number of aromatic nitrogens is 3. The molecule has 0 spiro atoms. The van der Waals surface area contributed by atoms with Crippen LogP contribution in [0.1, 0.15) is 43.0 Å². The molecule has 6 heteroatoms. The van der Waals surface area contributed by atoms with Crippen LogP contribution in [0.2, 0.25) is 0 Å². The zero-order valence-electron chi connectivity index (χ0n) is 13.4. The first-order valence-electron chi connectivity index (χ1n) is 8.20. The molecule has 0 N–H and O–H groups in total. The molecule has 122 valence electrons. The molecule has 6 nitrogen and oxygen atoms in total. The molecule has 1 aliphatic heterocycles. The summed E-state index contributed by atoms with van der Waals surface area (Å²) in [5, 5.41) is 7.64. The monoisotopic (exact) mass is 314 g/mol. The maximum Gasteiger partial charge on any atom is 0.340 e. The van der Waals surface area contributed by atoms with Gasteiger partial charge in [-0.3, -0.25) is 4.57 Å². The first-order valence-corrected chi connectivity index (χ1v) is 8.20. The smallest absolute Gasteiger partial charge is 0.340 e. The molecule has 0 saturated carbocycles. The molecule has 1 aromatic heterocycles. The molecule has 1 aliphatic rings. The van der Waals surface area contributed by atoms with E-state index in [0.717, 1.165) is 43.7 Å². The van der Waals surface area contributed by atoms with Crippen LogP contribution < -0.4 is 4.90 Å². The number of hydrogen-bond donors (Lipinski definition) is 0. The zero-order chi connectivity index (χ0) is 16.1. The molecular weight excluding hydrogens is 292 g/mol. The van der Waals surface area contributed by atoms with Crippen molar-refractivity contribution in [1.29, 1.82) is 0 Å². The molecule has 23 heavy (non-hydrogen) atoms. The standard InChI is InChI=1S/C17H22N4O2/c1-2-10-23-17(22)15-11-14(21-12-18-19-13-21)6-7-16(15)20-8-4-3-5-9-20/h6-7,11-13H,2-5,8-10H2,1H3. The third-order valence-corrected chi connectivity index (χ3v) is 4.05. The summed E-state index contributed by atoms with van der Waals surface area (Å²) < 4.78 is 7.16. The van der Waals surface area contributed by atoms with E-state index in [1.54, 1.807) is 17.2 Å². The molecule has 0 unspecified atom stereocenters. The van der Waals surface area contributed by atoms with Crippen molar-refractivity contribution in [2.24, 2.45) is 0 Å². The largest absolute Gasteiger partial charge is 0.462 e. The topological polar surface area (TPSA) is 60.3 Å². The number of piperidine rings is 1. The SMILES string of the molecule is CCCOC(=O)c1cc(-n2cnnc2)ccc1N1CCCCC1. The molecule has 1 fully saturated rings. The van der Waals surface area contributed by atoms with Gasteiger partial charge in [-0.2, -0.15) is 0 Å². The number of hydrogen-bond acceptors (Lipinski definition) is 5. The van der Waals surface area contributed by atoms with E-state index >= 15 is 0 Å². The van der Waals surface area contributed by atoms with Crippen LogP contribution in [0.5, 0.6) is 0 Å². The summed E-state index contributed by atoms with van der Waals surface area (Å²) in [6.07, 6.45) is 7.64. The summed E-state index contributed by atoms with van der Waals surface area (Å²) >= 11 is 0. The van der Waals surface area contributed by atoms with Gasteiger partial charge in [0, 0.05) is 18.8 Å². The Kier molecular flexibility index (Phi) is 4.90. The second-order valence-corrected chi connectivity index (χ2v) is 5.75. The van der Waals surface area contributed by atoms with Crippen molar-refractivity contribution >= 4 is 11.7 Å². The molecule has 0 atom stereocenters. The number of nitrogens with zero attached hydrogens (tertiary/aromatic N) is 4. The van der Waals surface area contributed by atoms with E-state index in [-0.39, 0.29) is 5.97 Å². The van der Waals surface area contributed by atoms with E-state index < -0.39 is 0 Å². The van der Waals surface area contributed by atoms with Crippen LogP contribution in [0.15, 0.2) is 30.9 Å². The molecule has 0 radical (unpaired) electrons. The van der Waals surface area contributed by atoms with Gasteiger partial charge in [0.2, 0.25) is 0 Å². The quantitative estimate of drug-likeness (QED) is 0.794. The van der Waals surface area contributed by atoms with Crippen molar-refractivity contribution in [3.63, 3.8) is 0 Å². The maximum atomic E-state index is 12.5. The number of esters is 1. The van der Waals surface area contributed by atoms with E-state index in [9.17, 15) is 4.79 Å². The number of rotatable bonds is 5. The molecule has 0 bridgehead atoms. The maximum absolute atomic E-state index is 12.5. The lowest BCUT2D eigenvalue weighted by molar-refractivity contribution is 0.0505. The van der Waals surface area contributed by atoms with E-state index in [0.29, 0.717) is 12.2 Å². The van der Waals surface area contributed by atoms with Gasteiger partial charge in [-0.1, -0.05) is 6.92 Å².